The van der Waals surface area contributed by atoms with Crippen LogP contribution in [0.15, 0.2) is 24.3 Å². The molecule has 0 bridgehead atoms. The van der Waals surface area contributed by atoms with E-state index in [-0.39, 0.29) is 16.1 Å². The number of hydrogen-bond acceptors (Lipinski definition) is 5. The molecule has 0 fully saturated rings. The largest absolute Gasteiger partial charge is 0.397 e. The first kappa shape index (κ1) is 14.9. The number of anilines is 2. The molecule has 7 N–H and O–H groups in total. The van der Waals surface area contributed by atoms with Gasteiger partial charge in [0.2, 0.25) is 0 Å². The number of primary amides is 2. The van der Waals surface area contributed by atoms with Crippen molar-refractivity contribution in [3.05, 3.63) is 45.8 Å². The van der Waals surface area contributed by atoms with E-state index in [1.165, 1.54) is 0 Å². The predicted octanol–water partition coefficient (Wildman–Crippen LogP) is 1.45. The van der Waals surface area contributed by atoms with Gasteiger partial charge >= 0.3 is 0 Å². The number of aryl methyl sites for hydroxylation is 1. The second kappa shape index (κ2) is 5.84. The minimum Gasteiger partial charge on any atom is -0.397 e. The van der Waals surface area contributed by atoms with E-state index in [9.17, 15) is 9.59 Å². The lowest BCUT2D eigenvalue weighted by Crippen LogP contribution is -2.16. The van der Waals surface area contributed by atoms with Gasteiger partial charge in [0, 0.05) is 6.54 Å². The Hall–Kier alpha value is -2.54. The van der Waals surface area contributed by atoms with Gasteiger partial charge in [-0.2, -0.15) is 0 Å². The van der Waals surface area contributed by atoms with Gasteiger partial charge in [-0.3, -0.25) is 9.59 Å². The maximum absolute atomic E-state index is 11.5. The second-order valence-corrected chi connectivity index (χ2v) is 5.64. The molecule has 0 saturated carbocycles. The van der Waals surface area contributed by atoms with Crippen molar-refractivity contribution in [3.8, 4) is 0 Å². The lowest BCUT2D eigenvalue weighted by atomic mass is 10.1. The van der Waals surface area contributed by atoms with Crippen LogP contribution in [0.3, 0.4) is 0 Å². The van der Waals surface area contributed by atoms with Crippen LogP contribution < -0.4 is 22.5 Å². The molecule has 0 spiro atoms. The van der Waals surface area contributed by atoms with Crippen LogP contribution in [0.2, 0.25) is 0 Å². The number of thiophene rings is 1. The Morgan fingerprint density at radius 2 is 1.76 bits per heavy atom. The molecule has 1 aromatic heterocycles. The van der Waals surface area contributed by atoms with Crippen molar-refractivity contribution in [2.45, 2.75) is 13.5 Å². The van der Waals surface area contributed by atoms with Gasteiger partial charge in [-0.05, 0) is 12.5 Å². The van der Waals surface area contributed by atoms with Crippen molar-refractivity contribution >= 4 is 33.8 Å². The SMILES string of the molecule is Cc1ccc(CNc2sc(C(N)=O)c(N)c2C(N)=O)cc1. The topological polar surface area (TPSA) is 124 Å². The van der Waals surface area contributed by atoms with Gasteiger partial charge in [-0.25, -0.2) is 0 Å². The number of nitrogens with one attached hydrogen (secondary N) is 1. The summed E-state index contributed by atoms with van der Waals surface area (Å²) < 4.78 is 0. The van der Waals surface area contributed by atoms with Crippen molar-refractivity contribution in [2.24, 2.45) is 11.5 Å². The van der Waals surface area contributed by atoms with Crippen LogP contribution in [0.1, 0.15) is 31.2 Å². The number of carbonyl (C=O) groups is 2. The molecule has 7 heteroatoms. The fourth-order valence-electron chi connectivity index (χ4n) is 1.88. The first-order valence-electron chi connectivity index (χ1n) is 6.21. The third-order valence-electron chi connectivity index (χ3n) is 2.99. The maximum Gasteiger partial charge on any atom is 0.260 e. The van der Waals surface area contributed by atoms with E-state index in [4.69, 9.17) is 17.2 Å². The Labute approximate surface area is 125 Å². The van der Waals surface area contributed by atoms with Crippen molar-refractivity contribution in [3.63, 3.8) is 0 Å². The van der Waals surface area contributed by atoms with Gasteiger partial charge in [0.25, 0.3) is 11.8 Å². The van der Waals surface area contributed by atoms with Crippen molar-refractivity contribution < 1.29 is 9.59 Å². The highest BCUT2D eigenvalue weighted by molar-refractivity contribution is 7.19. The molecule has 0 radical (unpaired) electrons. The number of benzene rings is 1. The molecule has 0 unspecified atom stereocenters. The summed E-state index contributed by atoms with van der Waals surface area (Å²) in [7, 11) is 0. The van der Waals surface area contributed by atoms with Crippen LogP contribution in [0.25, 0.3) is 0 Å². The molecular weight excluding hydrogens is 288 g/mol. The third-order valence-corrected chi connectivity index (χ3v) is 4.17. The lowest BCUT2D eigenvalue weighted by Gasteiger charge is -2.06. The van der Waals surface area contributed by atoms with Crippen molar-refractivity contribution in [1.82, 2.24) is 0 Å². The van der Waals surface area contributed by atoms with Crippen LogP contribution in [-0.2, 0) is 6.54 Å². The zero-order valence-corrected chi connectivity index (χ0v) is 12.3. The van der Waals surface area contributed by atoms with Gasteiger partial charge in [0.15, 0.2) is 0 Å². The number of rotatable bonds is 5. The first-order chi connectivity index (χ1) is 9.90. The molecule has 2 aromatic rings. The molecule has 2 amide bonds. The fraction of sp³-hybridized carbons (Fsp3) is 0.143. The van der Waals surface area contributed by atoms with E-state index in [1.807, 2.05) is 31.2 Å². The molecular formula is C14H16N4O2S. The molecule has 0 aliphatic rings. The van der Waals surface area contributed by atoms with E-state index in [2.05, 4.69) is 5.32 Å². The molecule has 1 aromatic carbocycles. The third kappa shape index (κ3) is 3.14. The summed E-state index contributed by atoms with van der Waals surface area (Å²) in [5.41, 5.74) is 18.6. The van der Waals surface area contributed by atoms with Crippen LogP contribution in [0.5, 0.6) is 0 Å². The summed E-state index contributed by atoms with van der Waals surface area (Å²) in [5, 5.41) is 3.53. The Balaban J connectivity index is 2.27. The van der Waals surface area contributed by atoms with Gasteiger partial charge in [0.1, 0.15) is 9.88 Å². The van der Waals surface area contributed by atoms with Crippen LogP contribution in [-0.4, -0.2) is 11.8 Å². The Bertz CT molecular complexity index is 692. The number of nitrogens with two attached hydrogens (primary N) is 3. The van der Waals surface area contributed by atoms with Gasteiger partial charge < -0.3 is 22.5 Å². The van der Waals surface area contributed by atoms with Crippen molar-refractivity contribution in [1.29, 1.82) is 0 Å². The monoisotopic (exact) mass is 304 g/mol. The molecule has 110 valence electrons. The van der Waals surface area contributed by atoms with E-state index in [0.717, 1.165) is 22.5 Å². The maximum atomic E-state index is 11.5. The quantitative estimate of drug-likeness (QED) is 0.667. The van der Waals surface area contributed by atoms with Crippen LogP contribution in [0, 0.1) is 6.92 Å². The van der Waals surface area contributed by atoms with E-state index in [0.29, 0.717) is 11.5 Å². The standard InChI is InChI=1S/C14H16N4O2S/c1-7-2-4-8(5-3-7)6-18-14-9(12(16)19)10(15)11(21-14)13(17)20/h2-5,18H,6,15H2,1H3,(H2,16,19)(H2,17,20). The number of hydrogen-bond donors (Lipinski definition) is 4. The molecule has 0 aliphatic heterocycles. The molecule has 2 rings (SSSR count). The average Bonchev–Trinajstić information content (AvgIpc) is 2.75. The second-order valence-electron chi connectivity index (χ2n) is 4.62. The summed E-state index contributed by atoms with van der Waals surface area (Å²) >= 11 is 1.03. The predicted molar refractivity (Wildman–Crippen MR) is 84.3 cm³/mol. The fourth-order valence-corrected chi connectivity index (χ4v) is 2.86. The number of nitrogen functional groups attached to an aromatic ring is 1. The Morgan fingerprint density at radius 3 is 2.29 bits per heavy atom. The van der Waals surface area contributed by atoms with Gasteiger partial charge in [0.05, 0.1) is 11.3 Å². The average molecular weight is 304 g/mol. The van der Waals surface area contributed by atoms with Crippen LogP contribution >= 0.6 is 11.3 Å². The summed E-state index contributed by atoms with van der Waals surface area (Å²) in [6.45, 7) is 2.49. The minimum absolute atomic E-state index is 0.0337. The summed E-state index contributed by atoms with van der Waals surface area (Å²) in [4.78, 5) is 22.9. The number of carbonyl (C=O) groups excluding carboxylic acids is 2. The Morgan fingerprint density at radius 1 is 1.14 bits per heavy atom. The summed E-state index contributed by atoms with van der Waals surface area (Å²) in [6, 6.07) is 7.92. The molecule has 0 saturated heterocycles. The van der Waals surface area contributed by atoms with Gasteiger partial charge in [-0.15, -0.1) is 11.3 Å². The number of amides is 2. The van der Waals surface area contributed by atoms with E-state index < -0.39 is 11.8 Å². The lowest BCUT2D eigenvalue weighted by molar-refractivity contribution is 0.0999. The smallest absolute Gasteiger partial charge is 0.260 e. The highest BCUT2D eigenvalue weighted by Gasteiger charge is 2.22. The zero-order chi connectivity index (χ0) is 15.6. The highest BCUT2D eigenvalue weighted by Crippen LogP contribution is 2.35. The summed E-state index contributed by atoms with van der Waals surface area (Å²) in [6.07, 6.45) is 0. The highest BCUT2D eigenvalue weighted by atomic mass is 32.1. The molecule has 1 heterocycles. The van der Waals surface area contributed by atoms with Crippen LogP contribution in [0.4, 0.5) is 10.7 Å². The zero-order valence-electron chi connectivity index (χ0n) is 11.5. The summed E-state index contributed by atoms with van der Waals surface area (Å²) in [5.74, 6) is -1.37. The Kier molecular flexibility index (Phi) is 4.13. The van der Waals surface area contributed by atoms with Gasteiger partial charge in [-0.1, -0.05) is 29.8 Å². The molecule has 0 aliphatic carbocycles. The first-order valence-corrected chi connectivity index (χ1v) is 7.03. The normalized spacial score (nSPS) is 10.3. The molecule has 6 nitrogen and oxygen atoms in total. The molecule has 0 atom stereocenters. The van der Waals surface area contributed by atoms with Crippen molar-refractivity contribution in [2.75, 3.05) is 11.1 Å². The van der Waals surface area contributed by atoms with E-state index >= 15 is 0 Å². The molecule has 21 heavy (non-hydrogen) atoms. The van der Waals surface area contributed by atoms with E-state index in [1.54, 1.807) is 0 Å². The minimum atomic E-state index is -0.692.